The lowest BCUT2D eigenvalue weighted by atomic mass is 10.1. The second-order valence-electron chi connectivity index (χ2n) is 5.27. The van der Waals surface area contributed by atoms with Gasteiger partial charge in [0.1, 0.15) is 11.5 Å². The van der Waals surface area contributed by atoms with Crippen LogP contribution in [0.1, 0.15) is 0 Å². The number of hydrogen-bond acceptors (Lipinski definition) is 3. The highest BCUT2D eigenvalue weighted by molar-refractivity contribution is 5.60. The van der Waals surface area contributed by atoms with E-state index in [1.165, 1.54) is 0 Å². The monoisotopic (exact) mass is 313 g/mol. The van der Waals surface area contributed by atoms with Crippen LogP contribution >= 0.6 is 0 Å². The Labute approximate surface area is 140 Å². The van der Waals surface area contributed by atoms with E-state index < -0.39 is 0 Å². The molecule has 0 saturated carbocycles. The zero-order valence-electron chi connectivity index (χ0n) is 12.9. The van der Waals surface area contributed by atoms with Crippen molar-refractivity contribution in [3.8, 4) is 28.6 Å². The van der Waals surface area contributed by atoms with Gasteiger partial charge < -0.3 is 4.74 Å². The summed E-state index contributed by atoms with van der Waals surface area (Å²) >= 11 is 0. The molecular formula is C20H15N3O. The van der Waals surface area contributed by atoms with Crippen molar-refractivity contribution in [2.24, 2.45) is 0 Å². The van der Waals surface area contributed by atoms with Gasteiger partial charge in [0.2, 0.25) is 0 Å². The third-order valence-corrected chi connectivity index (χ3v) is 3.60. The van der Waals surface area contributed by atoms with Crippen LogP contribution in [0.4, 0.5) is 0 Å². The molecule has 0 radical (unpaired) electrons. The normalized spacial score (nSPS) is 10.5. The maximum atomic E-state index is 5.81. The van der Waals surface area contributed by atoms with Crippen molar-refractivity contribution in [2.45, 2.75) is 0 Å². The van der Waals surface area contributed by atoms with Gasteiger partial charge >= 0.3 is 0 Å². The summed E-state index contributed by atoms with van der Waals surface area (Å²) in [5.41, 5.74) is 1.93. The number of aromatic nitrogens is 3. The first kappa shape index (κ1) is 14.2. The molecule has 0 aliphatic carbocycles. The number of hydrogen-bond donors (Lipinski definition) is 0. The van der Waals surface area contributed by atoms with Gasteiger partial charge in [0.25, 0.3) is 0 Å². The van der Waals surface area contributed by atoms with E-state index in [9.17, 15) is 0 Å². The summed E-state index contributed by atoms with van der Waals surface area (Å²) in [4.78, 5) is 4.30. The summed E-state index contributed by atoms with van der Waals surface area (Å²) in [7, 11) is 0. The number of rotatable bonds is 4. The van der Waals surface area contributed by atoms with Crippen LogP contribution in [-0.4, -0.2) is 14.8 Å². The van der Waals surface area contributed by atoms with Gasteiger partial charge in [0.05, 0.1) is 5.69 Å². The maximum absolute atomic E-state index is 5.81. The quantitative estimate of drug-likeness (QED) is 0.547. The fourth-order valence-corrected chi connectivity index (χ4v) is 2.41. The van der Waals surface area contributed by atoms with Crippen molar-refractivity contribution in [1.29, 1.82) is 0 Å². The van der Waals surface area contributed by atoms with Gasteiger partial charge in [0, 0.05) is 18.0 Å². The Morgan fingerprint density at radius 2 is 1.46 bits per heavy atom. The van der Waals surface area contributed by atoms with Gasteiger partial charge in [-0.3, -0.25) is 0 Å². The molecule has 4 rings (SSSR count). The Morgan fingerprint density at radius 3 is 2.21 bits per heavy atom. The standard InChI is InChI=1S/C20H15N3O/c1-2-6-17(7-3-1)24-18-11-9-16(10-12-18)19-13-15-23(22-19)20-8-4-5-14-21-20/h1-15H. The molecule has 0 spiro atoms. The van der Waals surface area contributed by atoms with E-state index in [4.69, 9.17) is 4.74 Å². The predicted octanol–water partition coefficient (Wildman–Crippen LogP) is 4.73. The highest BCUT2D eigenvalue weighted by Crippen LogP contribution is 2.25. The van der Waals surface area contributed by atoms with E-state index in [0.29, 0.717) is 0 Å². The molecule has 2 aromatic carbocycles. The van der Waals surface area contributed by atoms with Gasteiger partial charge in [0.15, 0.2) is 5.82 Å². The summed E-state index contributed by atoms with van der Waals surface area (Å²) in [6.07, 6.45) is 3.67. The molecule has 0 aliphatic heterocycles. The largest absolute Gasteiger partial charge is 0.457 e. The Balaban J connectivity index is 1.54. The predicted molar refractivity (Wildman–Crippen MR) is 93.3 cm³/mol. The third kappa shape index (κ3) is 3.03. The first-order valence-corrected chi connectivity index (χ1v) is 7.69. The molecule has 0 amide bonds. The molecular weight excluding hydrogens is 298 g/mol. The number of nitrogens with zero attached hydrogens (tertiary/aromatic N) is 3. The lowest BCUT2D eigenvalue weighted by Crippen LogP contribution is -1.97. The summed E-state index contributed by atoms with van der Waals surface area (Å²) in [5.74, 6) is 2.42. The average Bonchev–Trinajstić information content (AvgIpc) is 3.14. The summed E-state index contributed by atoms with van der Waals surface area (Å²) in [6.45, 7) is 0. The fourth-order valence-electron chi connectivity index (χ4n) is 2.41. The molecule has 24 heavy (non-hydrogen) atoms. The summed E-state index contributed by atoms with van der Waals surface area (Å²) in [6, 6.07) is 25.4. The number of ether oxygens (including phenoxy) is 1. The van der Waals surface area contributed by atoms with E-state index in [2.05, 4.69) is 10.1 Å². The molecule has 0 saturated heterocycles. The summed E-state index contributed by atoms with van der Waals surface area (Å²) < 4.78 is 7.58. The highest BCUT2D eigenvalue weighted by Gasteiger charge is 2.05. The molecule has 0 fully saturated rings. The van der Waals surface area contributed by atoms with Crippen molar-refractivity contribution in [1.82, 2.24) is 14.8 Å². The molecule has 0 N–H and O–H groups in total. The average molecular weight is 313 g/mol. The highest BCUT2D eigenvalue weighted by atomic mass is 16.5. The van der Waals surface area contributed by atoms with E-state index in [1.807, 2.05) is 85.1 Å². The van der Waals surface area contributed by atoms with Gasteiger partial charge in [-0.2, -0.15) is 5.10 Å². The van der Waals surface area contributed by atoms with Gasteiger partial charge in [-0.25, -0.2) is 9.67 Å². The lowest BCUT2D eigenvalue weighted by Gasteiger charge is -2.05. The number of para-hydroxylation sites is 1. The van der Waals surface area contributed by atoms with Crippen LogP contribution in [0.25, 0.3) is 17.1 Å². The Bertz CT molecular complexity index is 916. The Hall–Kier alpha value is -3.40. The van der Waals surface area contributed by atoms with Crippen LogP contribution < -0.4 is 4.74 Å². The first-order valence-electron chi connectivity index (χ1n) is 7.69. The van der Waals surface area contributed by atoms with Crippen molar-refractivity contribution in [3.05, 3.63) is 91.3 Å². The molecule has 0 bridgehead atoms. The molecule has 2 heterocycles. The van der Waals surface area contributed by atoms with Gasteiger partial charge in [-0.1, -0.05) is 24.3 Å². The second-order valence-corrected chi connectivity index (χ2v) is 5.27. The van der Waals surface area contributed by atoms with Crippen molar-refractivity contribution in [3.63, 3.8) is 0 Å². The number of pyridine rings is 1. The minimum Gasteiger partial charge on any atom is -0.457 e. The smallest absolute Gasteiger partial charge is 0.153 e. The minimum atomic E-state index is 0.799. The number of benzene rings is 2. The Kier molecular flexibility index (Phi) is 3.78. The van der Waals surface area contributed by atoms with Gasteiger partial charge in [-0.05, 0) is 54.6 Å². The van der Waals surface area contributed by atoms with Crippen LogP contribution in [-0.2, 0) is 0 Å². The van der Waals surface area contributed by atoms with E-state index in [0.717, 1.165) is 28.6 Å². The first-order chi connectivity index (χ1) is 11.9. The maximum Gasteiger partial charge on any atom is 0.153 e. The molecule has 4 aromatic rings. The van der Waals surface area contributed by atoms with Crippen molar-refractivity contribution < 1.29 is 4.74 Å². The lowest BCUT2D eigenvalue weighted by molar-refractivity contribution is 0.483. The zero-order valence-corrected chi connectivity index (χ0v) is 12.9. The summed E-state index contributed by atoms with van der Waals surface area (Å²) in [5, 5.41) is 4.58. The fraction of sp³-hybridized carbons (Fsp3) is 0. The van der Waals surface area contributed by atoms with Crippen LogP contribution in [0.15, 0.2) is 91.3 Å². The van der Waals surface area contributed by atoms with Gasteiger partial charge in [-0.15, -0.1) is 0 Å². The second kappa shape index (κ2) is 6.38. The van der Waals surface area contributed by atoms with E-state index >= 15 is 0 Å². The zero-order chi connectivity index (χ0) is 16.2. The molecule has 4 nitrogen and oxygen atoms in total. The van der Waals surface area contributed by atoms with Crippen LogP contribution in [0.3, 0.4) is 0 Å². The molecule has 4 heteroatoms. The van der Waals surface area contributed by atoms with Crippen LogP contribution in [0, 0.1) is 0 Å². The molecule has 2 aromatic heterocycles. The molecule has 0 aliphatic rings. The van der Waals surface area contributed by atoms with E-state index in [-0.39, 0.29) is 0 Å². The van der Waals surface area contributed by atoms with E-state index in [1.54, 1.807) is 10.9 Å². The van der Waals surface area contributed by atoms with Crippen molar-refractivity contribution >= 4 is 0 Å². The molecule has 0 atom stereocenters. The minimum absolute atomic E-state index is 0.799. The van der Waals surface area contributed by atoms with Crippen LogP contribution in [0.2, 0.25) is 0 Å². The SMILES string of the molecule is c1ccc(Oc2ccc(-c3ccn(-c4ccccn4)n3)cc2)cc1. The molecule has 116 valence electrons. The topological polar surface area (TPSA) is 39.9 Å². The third-order valence-electron chi connectivity index (χ3n) is 3.60. The molecule has 0 unspecified atom stereocenters. The van der Waals surface area contributed by atoms with Crippen molar-refractivity contribution in [2.75, 3.05) is 0 Å². The van der Waals surface area contributed by atoms with Crippen LogP contribution in [0.5, 0.6) is 11.5 Å². The Morgan fingerprint density at radius 1 is 0.708 bits per heavy atom.